The zero-order chi connectivity index (χ0) is 2.00. The van der Waals surface area contributed by atoms with E-state index < -0.39 is 0 Å². The molecule has 4 heteroatoms. The Morgan fingerprint density at radius 1 is 1.25 bits per heavy atom. The van der Waals surface area contributed by atoms with E-state index in [1.807, 2.05) is 0 Å². The third kappa shape index (κ3) is 12.3. The van der Waals surface area contributed by atoms with Crippen molar-refractivity contribution in [3.05, 3.63) is 0 Å². The normalized spacial score (nSPS) is 0.750. The molecule has 0 N–H and O–H groups in total. The summed E-state index contributed by atoms with van der Waals surface area (Å²) < 4.78 is 7.75. The molecule has 19 valence electrons. The maximum atomic E-state index is 7.75. The second-order valence-corrected chi connectivity index (χ2v) is 0. The third-order valence-electron chi connectivity index (χ3n) is 0. The summed E-state index contributed by atoms with van der Waals surface area (Å²) in [5, 5.41) is 0. The van der Waals surface area contributed by atoms with E-state index in [0.29, 0.717) is 0 Å². The van der Waals surface area contributed by atoms with Gasteiger partial charge >= 0.3 is 12.4 Å². The first-order chi connectivity index (χ1) is 1.00. The Hall–Kier alpha value is 0.969. The van der Waals surface area contributed by atoms with Crippen LogP contribution < -0.4 is 0 Å². The smallest absolute Gasteiger partial charge is 0 e. The summed E-state index contributed by atoms with van der Waals surface area (Å²) in [4.78, 5) is 0. The number of hydrogen-bond donors (Lipinski definition) is 0. The summed E-state index contributed by atoms with van der Waals surface area (Å²) >= 11 is 0. The Kier molecular flexibility index (Phi) is 188. The minimum Gasteiger partial charge on any atom is 0 e. The van der Waals surface area contributed by atoms with Crippen LogP contribution in [0.2, 0.25) is 0 Å². The second-order valence-electron chi connectivity index (χ2n) is 0. The van der Waals surface area contributed by atoms with Crippen molar-refractivity contribution >= 4 is 26.6 Å². The molecule has 0 heterocycles. The van der Waals surface area contributed by atoms with E-state index in [-0.39, 0.29) is 35.6 Å². The zero-order valence-corrected chi connectivity index (χ0v) is 3.36. The fourth-order valence-corrected chi connectivity index (χ4v) is 0. The fourth-order valence-electron chi connectivity index (χ4n) is 0. The zero-order valence-electron chi connectivity index (χ0n) is 2.32. The number of hydrogen-bond acceptors (Lipinski definition) is 1. The van der Waals surface area contributed by atoms with Gasteiger partial charge < -0.3 is 0 Å². The van der Waals surface area contributed by atoms with Crippen LogP contribution in [0, 0.1) is 0 Å². The van der Waals surface area contributed by atoms with Crippen molar-refractivity contribution in [2.75, 3.05) is 0 Å². The van der Waals surface area contributed by atoms with E-state index in [2.05, 4.69) is 7.72 Å². The van der Waals surface area contributed by atoms with Gasteiger partial charge in [0.1, 0.15) is 0 Å². The SMILES string of the molecule is [B]=O.[Co].[Li]. The van der Waals surface area contributed by atoms with Crippen LogP contribution in [0.15, 0.2) is 0 Å². The minimum absolute atomic E-state index is 0. The van der Waals surface area contributed by atoms with Gasteiger partial charge in [0, 0.05) is 35.6 Å². The first-order valence-electron chi connectivity index (χ1n) is 0.236. The molecule has 0 rings (SSSR count). The van der Waals surface area contributed by atoms with Crippen LogP contribution in [0.1, 0.15) is 0 Å². The van der Waals surface area contributed by atoms with Crippen molar-refractivity contribution in [1.29, 1.82) is 0 Å². The molecule has 0 unspecified atom stereocenters. The molecule has 0 spiro atoms. The molecule has 0 aromatic rings. The quantitative estimate of drug-likeness (QED) is 0.355. The summed E-state index contributed by atoms with van der Waals surface area (Å²) in [6, 6.07) is 0. The summed E-state index contributed by atoms with van der Waals surface area (Å²) in [5.74, 6) is 0. The molecule has 0 aromatic heterocycles. The maximum absolute atomic E-state index is 7.75. The first-order valence-corrected chi connectivity index (χ1v) is 0.236. The summed E-state index contributed by atoms with van der Waals surface area (Å²) in [5.41, 5.74) is 0. The van der Waals surface area contributed by atoms with Gasteiger partial charge in [-0.15, -0.1) is 0 Å². The molecule has 0 aliphatic heterocycles. The van der Waals surface area contributed by atoms with Crippen LogP contribution >= 0.6 is 0 Å². The molecule has 0 aliphatic rings. The van der Waals surface area contributed by atoms with E-state index in [9.17, 15) is 0 Å². The molecule has 0 saturated carbocycles. The molecular formula is BCoLiO. The van der Waals surface area contributed by atoms with Gasteiger partial charge in [-0.25, -0.2) is 0 Å². The predicted molar refractivity (Wildman–Crippen MR) is 12.2 cm³/mol. The Balaban J connectivity index is -0.00000000500. The molecule has 0 amide bonds. The molecular weight excluding hydrogens is 92.7 g/mol. The Morgan fingerprint density at radius 3 is 1.25 bits per heavy atom. The van der Waals surface area contributed by atoms with E-state index in [1.54, 1.807) is 0 Å². The third-order valence-corrected chi connectivity index (χ3v) is 0. The van der Waals surface area contributed by atoms with Gasteiger partial charge in [-0.05, 0) is 0 Å². The molecule has 3 radical (unpaired) electrons. The second kappa shape index (κ2) is 37.3. The number of rotatable bonds is 0. The monoisotopic (exact) mass is 93.0 g/mol. The first kappa shape index (κ1) is 20.2. The Labute approximate surface area is 48.3 Å². The summed E-state index contributed by atoms with van der Waals surface area (Å²) in [6.07, 6.45) is 0. The van der Waals surface area contributed by atoms with Crippen LogP contribution in [0.3, 0.4) is 0 Å². The van der Waals surface area contributed by atoms with Gasteiger partial charge in [0.2, 0.25) is 0 Å². The van der Waals surface area contributed by atoms with Crippen molar-refractivity contribution in [3.8, 4) is 0 Å². The predicted octanol–water partition coefficient (Wildman–Crippen LogP) is -0.883. The molecule has 0 bridgehead atoms. The molecule has 0 aromatic carbocycles. The van der Waals surface area contributed by atoms with Gasteiger partial charge in [-0.2, -0.15) is 0 Å². The van der Waals surface area contributed by atoms with Crippen molar-refractivity contribution in [2.45, 2.75) is 0 Å². The van der Waals surface area contributed by atoms with Crippen LogP contribution in [0.5, 0.6) is 0 Å². The van der Waals surface area contributed by atoms with Gasteiger partial charge in [0.15, 0.2) is 0 Å². The molecule has 0 fully saturated rings. The van der Waals surface area contributed by atoms with Crippen LogP contribution in [-0.2, 0) is 21.5 Å². The van der Waals surface area contributed by atoms with E-state index in [1.165, 1.54) is 0 Å². The van der Waals surface area contributed by atoms with Gasteiger partial charge in [-0.1, -0.05) is 0 Å². The van der Waals surface area contributed by atoms with Gasteiger partial charge in [0.05, 0.1) is 0 Å². The van der Waals surface area contributed by atoms with Crippen molar-refractivity contribution in [3.63, 3.8) is 0 Å². The summed E-state index contributed by atoms with van der Waals surface area (Å²) in [7, 11) is 3.25. The summed E-state index contributed by atoms with van der Waals surface area (Å²) in [6.45, 7) is 0. The molecule has 0 saturated heterocycles. The van der Waals surface area contributed by atoms with E-state index in [0.717, 1.165) is 0 Å². The standard InChI is InChI=1S/BO.Co.Li/c1-2;;. The van der Waals surface area contributed by atoms with Crippen LogP contribution in [-0.4, -0.2) is 26.6 Å². The Bertz CT molecular complexity index is 8.00. The van der Waals surface area contributed by atoms with Gasteiger partial charge in [-0.3, -0.25) is 0 Å². The molecule has 0 atom stereocenters. The maximum Gasteiger partial charge on any atom is 0 e. The van der Waals surface area contributed by atoms with Crippen molar-refractivity contribution < 1.29 is 21.5 Å². The fraction of sp³-hybridized carbons (Fsp3) is 0. The van der Waals surface area contributed by atoms with Crippen LogP contribution in [0.4, 0.5) is 0 Å². The minimum atomic E-state index is 0. The molecule has 4 heavy (non-hydrogen) atoms. The van der Waals surface area contributed by atoms with E-state index in [4.69, 9.17) is 4.70 Å². The topological polar surface area (TPSA) is 17.1 Å². The largest absolute Gasteiger partial charge is 0 e. The molecule has 1 nitrogen and oxygen atoms in total. The average Bonchev–Trinajstić information content (AvgIpc) is 1.00. The van der Waals surface area contributed by atoms with Crippen molar-refractivity contribution in [2.24, 2.45) is 0 Å². The Morgan fingerprint density at radius 2 is 1.25 bits per heavy atom. The van der Waals surface area contributed by atoms with Crippen molar-refractivity contribution in [1.82, 2.24) is 0 Å². The average molecular weight is 92.7 g/mol. The van der Waals surface area contributed by atoms with Crippen LogP contribution in [0.25, 0.3) is 0 Å². The molecule has 0 aliphatic carbocycles. The van der Waals surface area contributed by atoms with E-state index >= 15 is 0 Å². The van der Waals surface area contributed by atoms with Gasteiger partial charge in [0.25, 0.3) is 0 Å².